The lowest BCUT2D eigenvalue weighted by atomic mass is 9.88. The molecule has 0 heterocycles. The Bertz CT molecular complexity index is 685. The zero-order valence-electron chi connectivity index (χ0n) is 13.9. The van der Waals surface area contributed by atoms with Crippen LogP contribution >= 0.6 is 11.6 Å². The van der Waals surface area contributed by atoms with Gasteiger partial charge < -0.3 is 15.6 Å². The molecule has 2 rings (SSSR count). The summed E-state index contributed by atoms with van der Waals surface area (Å²) >= 11 is 6.12. The number of phenolic OH excluding ortho intramolecular Hbond substituents is 1. The first-order valence-electron chi connectivity index (χ1n) is 7.87. The van der Waals surface area contributed by atoms with Crippen molar-refractivity contribution >= 4 is 11.6 Å². The maximum absolute atomic E-state index is 9.96. The zero-order valence-corrected chi connectivity index (χ0v) is 14.7. The second-order valence-electron chi connectivity index (χ2n) is 5.85. The van der Waals surface area contributed by atoms with Gasteiger partial charge in [-0.15, -0.1) is 0 Å². The number of rotatable bonds is 6. The summed E-state index contributed by atoms with van der Waals surface area (Å²) in [5, 5.41) is 10.3. The molecule has 2 aromatic rings. The van der Waals surface area contributed by atoms with Crippen LogP contribution in [-0.2, 0) is 6.42 Å². The molecule has 0 aliphatic heterocycles. The van der Waals surface area contributed by atoms with E-state index < -0.39 is 0 Å². The molecule has 0 saturated heterocycles. The van der Waals surface area contributed by atoms with Crippen molar-refractivity contribution in [3.63, 3.8) is 0 Å². The van der Waals surface area contributed by atoms with Crippen LogP contribution in [0.25, 0.3) is 0 Å². The number of halogens is 1. The number of hydrogen-bond donors (Lipinski definition) is 2. The van der Waals surface area contributed by atoms with Crippen molar-refractivity contribution in [2.24, 2.45) is 5.73 Å². The highest BCUT2D eigenvalue weighted by Gasteiger charge is 2.16. The molecule has 0 spiro atoms. The van der Waals surface area contributed by atoms with Crippen LogP contribution in [0.15, 0.2) is 30.3 Å². The van der Waals surface area contributed by atoms with Crippen LogP contribution in [-0.4, -0.2) is 18.3 Å². The van der Waals surface area contributed by atoms with Gasteiger partial charge in [0.15, 0.2) is 11.5 Å². The quantitative estimate of drug-likeness (QED) is 0.826. The van der Waals surface area contributed by atoms with Crippen molar-refractivity contribution in [2.45, 2.75) is 33.1 Å². The Morgan fingerprint density at radius 1 is 1.22 bits per heavy atom. The Labute approximate surface area is 143 Å². The molecule has 0 aliphatic carbocycles. The third kappa shape index (κ3) is 4.18. The normalized spacial score (nSPS) is 12.2. The predicted molar refractivity (Wildman–Crippen MR) is 95.7 cm³/mol. The molecule has 0 fully saturated rings. The molecular weight excluding hydrogens is 310 g/mol. The molecule has 4 heteroatoms. The minimum atomic E-state index is -0.00620. The van der Waals surface area contributed by atoms with Crippen molar-refractivity contribution in [3.05, 3.63) is 57.6 Å². The molecule has 3 N–H and O–H groups in total. The summed E-state index contributed by atoms with van der Waals surface area (Å²) < 4.78 is 5.46. The molecule has 0 aliphatic rings. The highest BCUT2D eigenvalue weighted by atomic mass is 35.5. The third-order valence-corrected chi connectivity index (χ3v) is 4.32. The minimum Gasteiger partial charge on any atom is -0.503 e. The monoisotopic (exact) mass is 333 g/mol. The van der Waals surface area contributed by atoms with Crippen molar-refractivity contribution in [1.82, 2.24) is 0 Å². The van der Waals surface area contributed by atoms with Gasteiger partial charge in [0.25, 0.3) is 0 Å². The lowest BCUT2D eigenvalue weighted by molar-refractivity contribution is 0.318. The molecule has 1 atom stereocenters. The highest BCUT2D eigenvalue weighted by Crippen LogP contribution is 2.36. The molecule has 0 aromatic heterocycles. The van der Waals surface area contributed by atoms with E-state index in [0.717, 1.165) is 12.0 Å². The first-order valence-corrected chi connectivity index (χ1v) is 8.25. The average Bonchev–Trinajstić information content (AvgIpc) is 2.52. The minimum absolute atomic E-state index is 0.00620. The molecule has 23 heavy (non-hydrogen) atoms. The molecule has 124 valence electrons. The summed E-state index contributed by atoms with van der Waals surface area (Å²) in [6.07, 6.45) is 0.751. The van der Waals surface area contributed by atoms with Crippen LogP contribution in [0.4, 0.5) is 0 Å². The maximum Gasteiger partial charge on any atom is 0.176 e. The molecule has 1 unspecified atom stereocenters. The third-order valence-electron chi connectivity index (χ3n) is 4.03. The first kappa shape index (κ1) is 17.6. The van der Waals surface area contributed by atoms with Gasteiger partial charge in [0.2, 0.25) is 0 Å². The van der Waals surface area contributed by atoms with Crippen molar-refractivity contribution in [3.8, 4) is 11.5 Å². The summed E-state index contributed by atoms with van der Waals surface area (Å²) in [5.41, 5.74) is 10.8. The lowest BCUT2D eigenvalue weighted by Gasteiger charge is -2.19. The Balaban J connectivity index is 2.33. The number of ether oxygens (including phenoxy) is 1. The Morgan fingerprint density at radius 2 is 1.96 bits per heavy atom. The fourth-order valence-electron chi connectivity index (χ4n) is 2.82. The van der Waals surface area contributed by atoms with E-state index >= 15 is 0 Å². The summed E-state index contributed by atoms with van der Waals surface area (Å²) in [6.45, 7) is 7.09. The largest absolute Gasteiger partial charge is 0.503 e. The standard InChI is InChI=1S/C19H24ClNO2/c1-4-23-18-10-14(9-17(20)19(18)22)8-15(11-21)16-7-12(2)5-6-13(16)3/h5-7,9-10,15,22H,4,8,11,21H2,1-3H3. The van der Waals surface area contributed by atoms with Gasteiger partial charge >= 0.3 is 0 Å². The van der Waals surface area contributed by atoms with Crippen molar-refractivity contribution in [1.29, 1.82) is 0 Å². The van der Waals surface area contributed by atoms with Crippen LogP contribution in [0, 0.1) is 13.8 Å². The van der Waals surface area contributed by atoms with Gasteiger partial charge in [0.1, 0.15) is 0 Å². The number of aromatic hydroxyl groups is 1. The highest BCUT2D eigenvalue weighted by molar-refractivity contribution is 6.32. The molecule has 3 nitrogen and oxygen atoms in total. The van der Waals surface area contributed by atoms with Crippen molar-refractivity contribution in [2.75, 3.05) is 13.2 Å². The SMILES string of the molecule is CCOc1cc(CC(CN)c2cc(C)ccc2C)cc(Cl)c1O. The number of hydrogen-bond acceptors (Lipinski definition) is 3. The maximum atomic E-state index is 9.96. The first-order chi connectivity index (χ1) is 11.0. The zero-order chi connectivity index (χ0) is 17.0. The molecule has 0 radical (unpaired) electrons. The molecular formula is C19H24ClNO2. The number of aryl methyl sites for hydroxylation is 2. The summed E-state index contributed by atoms with van der Waals surface area (Å²) in [5.74, 6) is 0.616. The van der Waals surface area contributed by atoms with E-state index in [4.69, 9.17) is 22.1 Å². The van der Waals surface area contributed by atoms with E-state index in [1.54, 1.807) is 6.07 Å². The van der Waals surface area contributed by atoms with Crippen LogP contribution < -0.4 is 10.5 Å². The smallest absolute Gasteiger partial charge is 0.176 e. The Kier molecular flexibility index (Phi) is 5.91. The van der Waals surface area contributed by atoms with Crippen LogP contribution in [0.5, 0.6) is 11.5 Å². The summed E-state index contributed by atoms with van der Waals surface area (Å²) in [7, 11) is 0. The molecule has 2 aromatic carbocycles. The fraction of sp³-hybridized carbons (Fsp3) is 0.368. The second kappa shape index (κ2) is 7.71. The van der Waals surface area contributed by atoms with Gasteiger partial charge in [-0.05, 0) is 62.6 Å². The van der Waals surface area contributed by atoms with E-state index in [2.05, 4.69) is 32.0 Å². The van der Waals surface area contributed by atoms with E-state index in [-0.39, 0.29) is 11.7 Å². The lowest BCUT2D eigenvalue weighted by Crippen LogP contribution is -2.16. The Hall–Kier alpha value is -1.71. The number of nitrogens with two attached hydrogens (primary N) is 1. The van der Waals surface area contributed by atoms with E-state index in [9.17, 15) is 5.11 Å². The Morgan fingerprint density at radius 3 is 2.61 bits per heavy atom. The number of benzene rings is 2. The van der Waals surface area contributed by atoms with E-state index in [0.29, 0.717) is 23.9 Å². The van der Waals surface area contributed by atoms with Crippen LogP contribution in [0.3, 0.4) is 0 Å². The summed E-state index contributed by atoms with van der Waals surface area (Å²) in [4.78, 5) is 0. The average molecular weight is 334 g/mol. The fourth-order valence-corrected chi connectivity index (χ4v) is 3.05. The van der Waals surface area contributed by atoms with Gasteiger partial charge in [0, 0.05) is 5.92 Å². The van der Waals surface area contributed by atoms with E-state index in [1.807, 2.05) is 13.0 Å². The van der Waals surface area contributed by atoms with Gasteiger partial charge in [-0.25, -0.2) is 0 Å². The second-order valence-corrected chi connectivity index (χ2v) is 6.26. The molecule has 0 bridgehead atoms. The topological polar surface area (TPSA) is 55.5 Å². The summed E-state index contributed by atoms with van der Waals surface area (Å²) in [6, 6.07) is 10.1. The molecule has 0 amide bonds. The van der Waals surface area contributed by atoms with Gasteiger partial charge in [-0.2, -0.15) is 0 Å². The predicted octanol–water partition coefficient (Wildman–Crippen LogP) is 4.35. The van der Waals surface area contributed by atoms with Crippen LogP contribution in [0.1, 0.15) is 35.1 Å². The van der Waals surface area contributed by atoms with Crippen LogP contribution in [0.2, 0.25) is 5.02 Å². The number of phenols is 1. The van der Waals surface area contributed by atoms with Crippen molar-refractivity contribution < 1.29 is 9.84 Å². The van der Waals surface area contributed by atoms with Gasteiger partial charge in [-0.3, -0.25) is 0 Å². The molecule has 0 saturated carbocycles. The van der Waals surface area contributed by atoms with Gasteiger partial charge in [-0.1, -0.05) is 35.4 Å². The van der Waals surface area contributed by atoms with Gasteiger partial charge in [0.05, 0.1) is 11.6 Å². The van der Waals surface area contributed by atoms with E-state index in [1.165, 1.54) is 16.7 Å².